The van der Waals surface area contributed by atoms with Gasteiger partial charge in [0.25, 0.3) is 0 Å². The van der Waals surface area contributed by atoms with E-state index in [1.54, 1.807) is 11.0 Å². The van der Waals surface area contributed by atoms with E-state index in [1.807, 2.05) is 32.2 Å². The smallest absolute Gasteiger partial charge is 0.321 e. The minimum absolute atomic E-state index is 0.105. The molecular formula is C18H19ClN2O. The largest absolute Gasteiger partial charge is 0.322 e. The summed E-state index contributed by atoms with van der Waals surface area (Å²) >= 11 is 6.01. The Morgan fingerprint density at radius 1 is 1.27 bits per heavy atom. The van der Waals surface area contributed by atoms with E-state index in [4.69, 9.17) is 11.6 Å². The van der Waals surface area contributed by atoms with Crippen molar-refractivity contribution in [2.75, 3.05) is 12.4 Å². The number of amides is 2. The average molecular weight is 315 g/mol. The van der Waals surface area contributed by atoms with Crippen LogP contribution in [0.15, 0.2) is 42.5 Å². The van der Waals surface area contributed by atoms with Gasteiger partial charge in [0, 0.05) is 17.8 Å². The van der Waals surface area contributed by atoms with E-state index < -0.39 is 0 Å². The first kappa shape index (κ1) is 14.9. The van der Waals surface area contributed by atoms with E-state index in [2.05, 4.69) is 23.5 Å². The van der Waals surface area contributed by atoms with E-state index in [1.165, 1.54) is 11.1 Å². The third kappa shape index (κ3) is 2.81. The maximum atomic E-state index is 12.5. The number of aryl methyl sites for hydroxylation is 2. The highest BCUT2D eigenvalue weighted by molar-refractivity contribution is 6.31. The topological polar surface area (TPSA) is 32.3 Å². The molecule has 0 saturated carbocycles. The van der Waals surface area contributed by atoms with Crippen LogP contribution >= 0.6 is 11.6 Å². The molecule has 0 fully saturated rings. The molecule has 2 aromatic rings. The molecule has 1 atom stereocenters. The van der Waals surface area contributed by atoms with E-state index in [9.17, 15) is 4.79 Å². The Kier molecular flexibility index (Phi) is 4.08. The number of hydrogen-bond acceptors (Lipinski definition) is 1. The van der Waals surface area contributed by atoms with Crippen molar-refractivity contribution < 1.29 is 4.79 Å². The van der Waals surface area contributed by atoms with E-state index >= 15 is 0 Å². The fourth-order valence-electron chi connectivity index (χ4n) is 3.01. The molecule has 3 nitrogen and oxygen atoms in total. The lowest BCUT2D eigenvalue weighted by Gasteiger charge is -2.26. The fourth-order valence-corrected chi connectivity index (χ4v) is 3.18. The Bertz CT molecular complexity index is 714. The number of nitrogens with zero attached hydrogens (tertiary/aromatic N) is 1. The lowest BCUT2D eigenvalue weighted by molar-refractivity contribution is 0.204. The van der Waals surface area contributed by atoms with Crippen LogP contribution in [0, 0.1) is 6.92 Å². The van der Waals surface area contributed by atoms with Gasteiger partial charge in [-0.05, 0) is 48.6 Å². The number of benzene rings is 2. The highest BCUT2D eigenvalue weighted by Crippen LogP contribution is 2.35. The summed E-state index contributed by atoms with van der Waals surface area (Å²) in [4.78, 5) is 14.3. The van der Waals surface area contributed by atoms with Crippen LogP contribution in [-0.4, -0.2) is 18.0 Å². The summed E-state index contributed by atoms with van der Waals surface area (Å²) in [6.07, 6.45) is 1.99. The Balaban J connectivity index is 1.77. The van der Waals surface area contributed by atoms with Crippen LogP contribution in [0.3, 0.4) is 0 Å². The summed E-state index contributed by atoms with van der Waals surface area (Å²) in [6, 6.07) is 13.9. The lowest BCUT2D eigenvalue weighted by Crippen LogP contribution is -2.34. The Morgan fingerprint density at radius 3 is 2.86 bits per heavy atom. The van der Waals surface area contributed by atoms with E-state index in [0.29, 0.717) is 5.02 Å². The molecule has 1 N–H and O–H groups in total. The molecule has 2 amide bonds. The second-order valence-electron chi connectivity index (χ2n) is 5.75. The fraction of sp³-hybridized carbons (Fsp3) is 0.278. The van der Waals surface area contributed by atoms with Gasteiger partial charge in [-0.15, -0.1) is 0 Å². The molecule has 0 unspecified atom stereocenters. The van der Waals surface area contributed by atoms with Crippen molar-refractivity contribution in [3.05, 3.63) is 64.2 Å². The maximum Gasteiger partial charge on any atom is 0.322 e. The van der Waals surface area contributed by atoms with Crippen LogP contribution in [0.1, 0.15) is 29.2 Å². The molecule has 1 aliphatic rings. The standard InChI is InChI=1S/C18H19ClN2O/c1-12-7-9-14(19)11-16(12)20-18(22)21(2)17-10-8-13-5-3-4-6-15(13)17/h3-7,9,11,17H,8,10H2,1-2H3,(H,20,22)/t17-/m0/s1. The number of urea groups is 1. The first-order valence-corrected chi connectivity index (χ1v) is 7.82. The van der Waals surface area contributed by atoms with Gasteiger partial charge in [0.15, 0.2) is 0 Å². The first-order valence-electron chi connectivity index (χ1n) is 7.44. The van der Waals surface area contributed by atoms with Crippen molar-refractivity contribution in [3.63, 3.8) is 0 Å². The summed E-state index contributed by atoms with van der Waals surface area (Å²) in [5, 5.41) is 3.58. The maximum absolute atomic E-state index is 12.5. The van der Waals surface area contributed by atoms with Gasteiger partial charge in [-0.2, -0.15) is 0 Å². The van der Waals surface area contributed by atoms with Crippen molar-refractivity contribution in [2.24, 2.45) is 0 Å². The summed E-state index contributed by atoms with van der Waals surface area (Å²) in [6.45, 7) is 1.96. The van der Waals surface area contributed by atoms with Gasteiger partial charge in [-0.1, -0.05) is 41.9 Å². The Hall–Kier alpha value is -2.00. The molecule has 0 aromatic heterocycles. The second kappa shape index (κ2) is 6.01. The van der Waals surface area contributed by atoms with E-state index in [-0.39, 0.29) is 12.1 Å². The zero-order valence-corrected chi connectivity index (χ0v) is 13.5. The number of halogens is 1. The van der Waals surface area contributed by atoms with Gasteiger partial charge in [-0.3, -0.25) is 0 Å². The minimum atomic E-state index is -0.105. The SMILES string of the molecule is Cc1ccc(Cl)cc1NC(=O)N(C)[C@H]1CCc2ccccc21. The molecule has 0 aliphatic heterocycles. The number of rotatable bonds is 2. The molecule has 0 bridgehead atoms. The predicted octanol–water partition coefficient (Wildman–Crippen LogP) is 4.80. The number of nitrogens with one attached hydrogen (secondary N) is 1. The molecule has 0 heterocycles. The van der Waals surface area contributed by atoms with Gasteiger partial charge >= 0.3 is 6.03 Å². The Labute approximate surface area is 135 Å². The van der Waals surface area contributed by atoms with Crippen molar-refractivity contribution in [3.8, 4) is 0 Å². The number of fused-ring (bicyclic) bond motifs is 1. The monoisotopic (exact) mass is 314 g/mol. The summed E-state index contributed by atoms with van der Waals surface area (Å²) in [5.41, 5.74) is 4.35. The van der Waals surface area contributed by atoms with Gasteiger partial charge < -0.3 is 10.2 Å². The number of anilines is 1. The van der Waals surface area contributed by atoms with Crippen LogP contribution in [0.4, 0.5) is 10.5 Å². The molecule has 2 aromatic carbocycles. The van der Waals surface area contributed by atoms with Gasteiger partial charge in [0.05, 0.1) is 6.04 Å². The zero-order valence-electron chi connectivity index (χ0n) is 12.8. The van der Waals surface area contributed by atoms with Gasteiger partial charge in [0.2, 0.25) is 0 Å². The third-order valence-electron chi connectivity index (χ3n) is 4.33. The Morgan fingerprint density at radius 2 is 2.05 bits per heavy atom. The van der Waals surface area contributed by atoms with Gasteiger partial charge in [-0.25, -0.2) is 4.79 Å². The molecule has 0 radical (unpaired) electrons. The molecule has 4 heteroatoms. The first-order chi connectivity index (χ1) is 10.6. The van der Waals surface area contributed by atoms with Crippen molar-refractivity contribution in [2.45, 2.75) is 25.8 Å². The number of carbonyl (C=O) groups excluding carboxylic acids is 1. The van der Waals surface area contributed by atoms with Crippen molar-refractivity contribution >= 4 is 23.3 Å². The molecular weight excluding hydrogens is 296 g/mol. The van der Waals surface area contributed by atoms with Gasteiger partial charge in [0.1, 0.15) is 0 Å². The molecule has 0 spiro atoms. The normalized spacial score (nSPS) is 16.2. The predicted molar refractivity (Wildman–Crippen MR) is 90.5 cm³/mol. The second-order valence-corrected chi connectivity index (χ2v) is 6.19. The summed E-state index contributed by atoms with van der Waals surface area (Å²) in [5.74, 6) is 0. The number of hydrogen-bond donors (Lipinski definition) is 1. The number of carbonyl (C=O) groups is 1. The van der Waals surface area contributed by atoms with Crippen LogP contribution in [-0.2, 0) is 6.42 Å². The molecule has 0 saturated heterocycles. The average Bonchev–Trinajstić information content (AvgIpc) is 2.94. The van der Waals surface area contributed by atoms with Crippen molar-refractivity contribution in [1.82, 2.24) is 4.90 Å². The van der Waals surface area contributed by atoms with Crippen LogP contribution in [0.2, 0.25) is 5.02 Å². The quantitative estimate of drug-likeness (QED) is 0.848. The lowest BCUT2D eigenvalue weighted by atomic mass is 10.1. The summed E-state index contributed by atoms with van der Waals surface area (Å²) < 4.78 is 0. The molecule has 3 rings (SSSR count). The molecule has 114 valence electrons. The highest BCUT2D eigenvalue weighted by Gasteiger charge is 2.28. The van der Waals surface area contributed by atoms with E-state index in [0.717, 1.165) is 24.1 Å². The molecule has 1 aliphatic carbocycles. The van der Waals surface area contributed by atoms with Crippen LogP contribution in [0.25, 0.3) is 0 Å². The zero-order chi connectivity index (χ0) is 15.7. The molecule has 22 heavy (non-hydrogen) atoms. The van der Waals surface area contributed by atoms with Crippen LogP contribution in [0.5, 0.6) is 0 Å². The minimum Gasteiger partial charge on any atom is -0.321 e. The third-order valence-corrected chi connectivity index (χ3v) is 4.57. The summed E-state index contributed by atoms with van der Waals surface area (Å²) in [7, 11) is 1.85. The van der Waals surface area contributed by atoms with Crippen molar-refractivity contribution in [1.29, 1.82) is 0 Å². The highest BCUT2D eigenvalue weighted by atomic mass is 35.5. The van der Waals surface area contributed by atoms with Crippen LogP contribution < -0.4 is 5.32 Å².